The summed E-state index contributed by atoms with van der Waals surface area (Å²) in [6, 6.07) is 13.7. The van der Waals surface area contributed by atoms with E-state index in [2.05, 4.69) is 0 Å². The highest BCUT2D eigenvalue weighted by atomic mass is 28.4. The van der Waals surface area contributed by atoms with E-state index in [0.717, 1.165) is 0 Å². The molecule has 0 fully saturated rings. The lowest BCUT2D eigenvalue weighted by molar-refractivity contribution is 0.0456. The van der Waals surface area contributed by atoms with Crippen molar-refractivity contribution in [3.63, 3.8) is 0 Å². The van der Waals surface area contributed by atoms with E-state index in [-0.39, 0.29) is 26.3 Å². The summed E-state index contributed by atoms with van der Waals surface area (Å²) < 4.78 is 23.5. The van der Waals surface area contributed by atoms with Crippen molar-refractivity contribution in [2.45, 2.75) is 0 Å². The van der Waals surface area contributed by atoms with Crippen molar-refractivity contribution in [3.05, 3.63) is 48.5 Å². The molecule has 0 aromatic heterocycles. The van der Waals surface area contributed by atoms with E-state index in [1.165, 1.54) is 0 Å². The third kappa shape index (κ3) is 5.92. The van der Waals surface area contributed by atoms with Crippen LogP contribution in [0, 0.1) is 0 Å². The summed E-state index contributed by atoms with van der Waals surface area (Å²) in [6.45, 7) is 0.995. The molecule has 9 heteroatoms. The molecule has 137 valence electrons. The summed E-state index contributed by atoms with van der Waals surface area (Å²) in [6.07, 6.45) is 0. The van der Waals surface area contributed by atoms with Crippen LogP contribution < -0.4 is 31.8 Å². The van der Waals surface area contributed by atoms with Crippen molar-refractivity contribution < 1.29 is 17.7 Å². The molecule has 0 bridgehead atoms. The lowest BCUT2D eigenvalue weighted by atomic mass is 10.3. The molecule has 0 radical (unpaired) electrons. The second kappa shape index (κ2) is 9.25. The first kappa shape index (κ1) is 19.0. The van der Waals surface area contributed by atoms with Gasteiger partial charge in [0.1, 0.15) is 0 Å². The first-order chi connectivity index (χ1) is 12.1. The minimum absolute atomic E-state index is 0.209. The molecule has 0 heterocycles. The second-order valence-corrected chi connectivity index (χ2v) is 7.10. The van der Waals surface area contributed by atoms with Crippen LogP contribution in [0.2, 0.25) is 0 Å². The van der Waals surface area contributed by atoms with Gasteiger partial charge in [0, 0.05) is 37.7 Å². The Bertz CT molecular complexity index is 582. The second-order valence-electron chi connectivity index (χ2n) is 5.12. The molecule has 0 atom stereocenters. The summed E-state index contributed by atoms with van der Waals surface area (Å²) in [5.74, 6) is 1.01. The molecule has 0 unspecified atom stereocenters. The van der Waals surface area contributed by atoms with E-state index in [1.54, 1.807) is 48.5 Å². The largest absolute Gasteiger partial charge is 0.622 e. The average molecular weight is 364 g/mol. The molecular weight excluding hydrogens is 340 g/mol. The van der Waals surface area contributed by atoms with Crippen molar-refractivity contribution in [3.8, 4) is 11.5 Å². The van der Waals surface area contributed by atoms with Crippen molar-refractivity contribution in [1.82, 2.24) is 0 Å². The molecule has 0 saturated heterocycles. The average Bonchev–Trinajstić information content (AvgIpc) is 2.62. The van der Waals surface area contributed by atoms with Crippen LogP contribution in [0.1, 0.15) is 0 Å². The number of anilines is 2. The Morgan fingerprint density at radius 2 is 1.00 bits per heavy atom. The summed E-state index contributed by atoms with van der Waals surface area (Å²) in [5, 5.41) is 0. The van der Waals surface area contributed by atoms with Gasteiger partial charge < -0.3 is 40.6 Å². The summed E-state index contributed by atoms with van der Waals surface area (Å²) in [7, 11) is -3.60. The Hall–Kier alpha value is -2.30. The summed E-state index contributed by atoms with van der Waals surface area (Å²) in [5.41, 5.74) is 23.8. The molecule has 2 aromatic carbocycles. The standard InChI is InChI=1S/C16H24N4O4Si/c17-9-11-21-25(22-12-10-18,23-15-5-1-13(19)2-6-15)24-16-7-3-14(20)4-8-16/h1-8H,9-12,17-20H2/q-1. The van der Waals surface area contributed by atoms with Crippen molar-refractivity contribution in [2.24, 2.45) is 11.5 Å². The van der Waals surface area contributed by atoms with E-state index in [1.807, 2.05) is 0 Å². The minimum atomic E-state index is -3.60. The molecule has 0 amide bonds. The zero-order valence-corrected chi connectivity index (χ0v) is 14.9. The maximum atomic E-state index is 5.97. The normalized spacial score (nSPS) is 11.3. The predicted molar refractivity (Wildman–Crippen MR) is 98.7 cm³/mol. The number of benzene rings is 2. The molecule has 8 N–H and O–H groups in total. The van der Waals surface area contributed by atoms with Crippen LogP contribution in [0.4, 0.5) is 11.4 Å². The summed E-state index contributed by atoms with van der Waals surface area (Å²) in [4.78, 5) is 0. The highest BCUT2D eigenvalue weighted by Gasteiger charge is 2.34. The van der Waals surface area contributed by atoms with Gasteiger partial charge in [0.25, 0.3) is 0 Å². The van der Waals surface area contributed by atoms with Crippen LogP contribution in [-0.2, 0) is 8.85 Å². The van der Waals surface area contributed by atoms with Gasteiger partial charge >= 0.3 is 9.05 Å². The van der Waals surface area contributed by atoms with Crippen LogP contribution in [-0.4, -0.2) is 35.4 Å². The van der Waals surface area contributed by atoms with E-state index in [9.17, 15) is 0 Å². The van der Waals surface area contributed by atoms with E-state index in [0.29, 0.717) is 22.9 Å². The third-order valence-electron chi connectivity index (χ3n) is 3.04. The van der Waals surface area contributed by atoms with Gasteiger partial charge in [-0.15, -0.1) is 0 Å². The fourth-order valence-corrected chi connectivity index (χ4v) is 3.85. The fourth-order valence-electron chi connectivity index (χ4n) is 1.91. The molecule has 2 aromatic rings. The number of nitrogen functional groups attached to an aromatic ring is 2. The van der Waals surface area contributed by atoms with Crippen LogP contribution in [0.5, 0.6) is 11.5 Å². The number of hydrogen-bond acceptors (Lipinski definition) is 8. The minimum Gasteiger partial charge on any atom is -0.622 e. The molecule has 0 saturated carbocycles. The van der Waals surface area contributed by atoms with Crippen molar-refractivity contribution in [1.29, 1.82) is 0 Å². The van der Waals surface area contributed by atoms with Crippen molar-refractivity contribution in [2.75, 3.05) is 37.8 Å². The first-order valence-electron chi connectivity index (χ1n) is 7.84. The molecule has 0 aliphatic heterocycles. The number of nitrogens with two attached hydrogens (primary N) is 4. The van der Waals surface area contributed by atoms with Crippen molar-refractivity contribution >= 4 is 20.4 Å². The molecule has 25 heavy (non-hydrogen) atoms. The Morgan fingerprint density at radius 1 is 0.640 bits per heavy atom. The van der Waals surface area contributed by atoms with Gasteiger partial charge in [-0.1, -0.05) is 0 Å². The van der Waals surface area contributed by atoms with Gasteiger partial charge in [0.15, 0.2) is 0 Å². The topological polar surface area (TPSA) is 141 Å². The molecule has 0 aliphatic carbocycles. The van der Waals surface area contributed by atoms with Gasteiger partial charge in [-0.05, 0) is 48.5 Å². The van der Waals surface area contributed by atoms with E-state index < -0.39 is 9.05 Å². The third-order valence-corrected chi connectivity index (χ3v) is 5.13. The predicted octanol–water partition coefficient (Wildman–Crippen LogP) is 0.695. The highest BCUT2D eigenvalue weighted by Crippen LogP contribution is 2.24. The Kier molecular flexibility index (Phi) is 7.04. The van der Waals surface area contributed by atoms with E-state index >= 15 is 0 Å². The summed E-state index contributed by atoms with van der Waals surface area (Å²) >= 11 is 0. The maximum absolute atomic E-state index is 5.97. The first-order valence-corrected chi connectivity index (χ1v) is 9.47. The van der Waals surface area contributed by atoms with Gasteiger partial charge in [-0.25, -0.2) is 0 Å². The van der Waals surface area contributed by atoms with Gasteiger partial charge in [0.05, 0.1) is 11.5 Å². The molecule has 8 nitrogen and oxygen atoms in total. The number of rotatable bonds is 10. The van der Waals surface area contributed by atoms with Crippen LogP contribution >= 0.6 is 0 Å². The quantitative estimate of drug-likeness (QED) is 0.356. The van der Waals surface area contributed by atoms with E-state index in [4.69, 9.17) is 40.6 Å². The Labute approximate surface area is 148 Å². The lowest BCUT2D eigenvalue weighted by Crippen LogP contribution is -2.56. The van der Waals surface area contributed by atoms with Gasteiger partial charge in [-0.2, -0.15) is 0 Å². The SMILES string of the molecule is NCCO[Si-](OCCN)(Oc1ccc(N)cc1)Oc1ccc(N)cc1. The van der Waals surface area contributed by atoms with Crippen LogP contribution in [0.3, 0.4) is 0 Å². The molecule has 0 aliphatic rings. The lowest BCUT2D eigenvalue weighted by Gasteiger charge is -2.42. The maximum Gasteiger partial charge on any atom is 0.588 e. The molecular formula is C16H24N4O4Si-. The van der Waals surface area contributed by atoms with Crippen LogP contribution in [0.25, 0.3) is 0 Å². The number of hydrogen-bond donors (Lipinski definition) is 4. The monoisotopic (exact) mass is 364 g/mol. The molecule has 2 rings (SSSR count). The zero-order valence-electron chi connectivity index (χ0n) is 13.9. The molecule has 0 spiro atoms. The van der Waals surface area contributed by atoms with Gasteiger partial charge in [-0.3, -0.25) is 0 Å². The Balaban J connectivity index is 2.27. The van der Waals surface area contributed by atoms with Crippen LogP contribution in [0.15, 0.2) is 48.5 Å². The smallest absolute Gasteiger partial charge is 0.588 e. The zero-order chi connectivity index (χ0) is 18.1. The van der Waals surface area contributed by atoms with Gasteiger partial charge in [0.2, 0.25) is 0 Å². The Morgan fingerprint density at radius 3 is 1.32 bits per heavy atom. The highest BCUT2D eigenvalue weighted by molar-refractivity contribution is 6.55. The fraction of sp³-hybridized carbons (Fsp3) is 0.250.